The number of amides is 1. The van der Waals surface area contributed by atoms with Crippen molar-refractivity contribution in [1.29, 1.82) is 0 Å². The van der Waals surface area contributed by atoms with Gasteiger partial charge in [0.15, 0.2) is 11.5 Å². The maximum Gasteiger partial charge on any atom is 0.273 e. The van der Waals surface area contributed by atoms with E-state index in [0.29, 0.717) is 12.3 Å². The molecule has 6 heteroatoms. The molecule has 0 fully saturated rings. The average molecular weight is 246 g/mol. The first-order valence-electron chi connectivity index (χ1n) is 5.58. The second-order valence-electron chi connectivity index (χ2n) is 3.93. The van der Waals surface area contributed by atoms with E-state index in [4.69, 9.17) is 10.3 Å². The Morgan fingerprint density at radius 2 is 2.44 bits per heavy atom. The highest BCUT2D eigenvalue weighted by Crippen LogP contribution is 2.18. The number of pyridine rings is 1. The van der Waals surface area contributed by atoms with Gasteiger partial charge in [-0.1, -0.05) is 5.16 Å². The van der Waals surface area contributed by atoms with E-state index < -0.39 is 0 Å². The molecule has 18 heavy (non-hydrogen) atoms. The van der Waals surface area contributed by atoms with E-state index in [1.54, 1.807) is 24.5 Å². The summed E-state index contributed by atoms with van der Waals surface area (Å²) in [5, 5.41) is 6.43. The molecule has 0 aromatic carbocycles. The molecule has 3 N–H and O–H groups in total. The maximum atomic E-state index is 11.8. The summed E-state index contributed by atoms with van der Waals surface area (Å²) in [7, 11) is 0. The smallest absolute Gasteiger partial charge is 0.273 e. The maximum absolute atomic E-state index is 11.8. The molecule has 0 saturated carbocycles. The Morgan fingerprint density at radius 1 is 1.61 bits per heavy atom. The Morgan fingerprint density at radius 3 is 3.11 bits per heavy atom. The predicted molar refractivity (Wildman–Crippen MR) is 65.7 cm³/mol. The number of carbonyl (C=O) groups excluding carboxylic acids is 1. The third-order valence-corrected chi connectivity index (χ3v) is 2.42. The Kier molecular flexibility index (Phi) is 3.69. The van der Waals surface area contributed by atoms with Crippen LogP contribution in [0.1, 0.15) is 17.4 Å². The molecule has 2 heterocycles. The van der Waals surface area contributed by atoms with Gasteiger partial charge in [0.1, 0.15) is 0 Å². The zero-order valence-electron chi connectivity index (χ0n) is 9.96. The largest absolute Gasteiger partial charge is 0.355 e. The van der Waals surface area contributed by atoms with Gasteiger partial charge in [-0.25, -0.2) is 0 Å². The lowest BCUT2D eigenvalue weighted by Gasteiger charge is -2.08. The average Bonchev–Trinajstić information content (AvgIpc) is 2.89. The number of nitrogens with one attached hydrogen (secondary N) is 1. The molecule has 2 rings (SSSR count). The molecule has 2 aromatic heterocycles. The van der Waals surface area contributed by atoms with Crippen LogP contribution in [0, 0.1) is 0 Å². The van der Waals surface area contributed by atoms with E-state index >= 15 is 0 Å². The minimum atomic E-state index is -0.299. The van der Waals surface area contributed by atoms with Crippen LogP contribution < -0.4 is 11.1 Å². The van der Waals surface area contributed by atoms with Crippen LogP contribution in [0.5, 0.6) is 0 Å². The Hall–Kier alpha value is -2.21. The van der Waals surface area contributed by atoms with Crippen molar-refractivity contribution in [3.63, 3.8) is 0 Å². The van der Waals surface area contributed by atoms with Crippen molar-refractivity contribution in [2.24, 2.45) is 5.73 Å². The number of carbonyl (C=O) groups is 1. The molecule has 0 unspecified atom stereocenters. The Bertz CT molecular complexity index is 524. The first kappa shape index (κ1) is 12.3. The summed E-state index contributed by atoms with van der Waals surface area (Å²) in [5.41, 5.74) is 6.43. The van der Waals surface area contributed by atoms with Gasteiger partial charge in [0.2, 0.25) is 0 Å². The topological polar surface area (TPSA) is 94.0 Å². The number of aromatic nitrogens is 2. The van der Waals surface area contributed by atoms with Crippen molar-refractivity contribution < 1.29 is 9.32 Å². The lowest BCUT2D eigenvalue weighted by Crippen LogP contribution is -2.37. The van der Waals surface area contributed by atoms with E-state index in [-0.39, 0.29) is 17.6 Å². The minimum absolute atomic E-state index is 0.101. The number of hydrogen-bond donors (Lipinski definition) is 2. The Labute approximate surface area is 104 Å². The summed E-state index contributed by atoms with van der Waals surface area (Å²) in [5.74, 6) is 0.209. The molecule has 94 valence electrons. The van der Waals surface area contributed by atoms with Crippen molar-refractivity contribution in [2.75, 3.05) is 6.54 Å². The van der Waals surface area contributed by atoms with Gasteiger partial charge < -0.3 is 15.6 Å². The number of nitrogens with zero attached hydrogens (tertiary/aromatic N) is 2. The van der Waals surface area contributed by atoms with Crippen LogP contribution in [0.15, 0.2) is 35.1 Å². The van der Waals surface area contributed by atoms with Gasteiger partial charge in [0.05, 0.1) is 0 Å². The molecule has 1 atom stereocenters. The van der Waals surface area contributed by atoms with E-state index in [0.717, 1.165) is 5.56 Å². The summed E-state index contributed by atoms with van der Waals surface area (Å²) in [6, 6.07) is 5.09. The van der Waals surface area contributed by atoms with Crippen molar-refractivity contribution in [3.8, 4) is 11.3 Å². The number of hydrogen-bond acceptors (Lipinski definition) is 5. The van der Waals surface area contributed by atoms with Crippen molar-refractivity contribution >= 4 is 5.91 Å². The van der Waals surface area contributed by atoms with Gasteiger partial charge in [-0.3, -0.25) is 9.78 Å². The molecule has 0 aliphatic carbocycles. The third-order valence-electron chi connectivity index (χ3n) is 2.42. The second-order valence-corrected chi connectivity index (χ2v) is 3.93. The van der Waals surface area contributed by atoms with E-state index in [1.807, 2.05) is 13.0 Å². The first-order valence-corrected chi connectivity index (χ1v) is 5.58. The van der Waals surface area contributed by atoms with Gasteiger partial charge in [-0.05, 0) is 19.1 Å². The standard InChI is InChI=1S/C12H14N4O2/c1-8(6-13)15-12(17)10-5-11(18-16-10)9-3-2-4-14-7-9/h2-5,7-8H,6,13H2,1H3,(H,15,17)/t8-/m0/s1. The molecule has 0 bridgehead atoms. The molecule has 6 nitrogen and oxygen atoms in total. The molecule has 0 radical (unpaired) electrons. The van der Waals surface area contributed by atoms with Crippen molar-refractivity contribution in [2.45, 2.75) is 13.0 Å². The fourth-order valence-corrected chi connectivity index (χ4v) is 1.38. The van der Waals surface area contributed by atoms with E-state index in [1.165, 1.54) is 0 Å². The molecule has 0 aliphatic heterocycles. The zero-order valence-corrected chi connectivity index (χ0v) is 9.96. The van der Waals surface area contributed by atoms with Crippen LogP contribution in [-0.2, 0) is 0 Å². The van der Waals surface area contributed by atoms with Gasteiger partial charge in [-0.2, -0.15) is 0 Å². The Balaban J connectivity index is 2.13. The normalized spacial score (nSPS) is 12.1. The van der Waals surface area contributed by atoms with Crippen molar-refractivity contribution in [3.05, 3.63) is 36.3 Å². The predicted octanol–water partition coefficient (Wildman–Crippen LogP) is 0.814. The monoisotopic (exact) mass is 246 g/mol. The molecule has 0 aliphatic rings. The summed E-state index contributed by atoms with van der Waals surface area (Å²) < 4.78 is 5.10. The van der Waals surface area contributed by atoms with Crippen LogP contribution in [0.4, 0.5) is 0 Å². The summed E-state index contributed by atoms with van der Waals surface area (Å²) in [6.07, 6.45) is 3.31. The highest BCUT2D eigenvalue weighted by molar-refractivity contribution is 5.93. The molecular weight excluding hydrogens is 232 g/mol. The van der Waals surface area contributed by atoms with Crippen LogP contribution in [0.2, 0.25) is 0 Å². The van der Waals surface area contributed by atoms with Gasteiger partial charge >= 0.3 is 0 Å². The first-order chi connectivity index (χ1) is 8.70. The SMILES string of the molecule is C[C@@H](CN)NC(=O)c1cc(-c2cccnc2)on1. The van der Waals surface area contributed by atoms with Crippen LogP contribution in [-0.4, -0.2) is 28.6 Å². The highest BCUT2D eigenvalue weighted by atomic mass is 16.5. The van der Waals surface area contributed by atoms with Gasteiger partial charge in [0.25, 0.3) is 5.91 Å². The van der Waals surface area contributed by atoms with Crippen LogP contribution in [0.3, 0.4) is 0 Å². The molecule has 0 saturated heterocycles. The van der Waals surface area contributed by atoms with Gasteiger partial charge in [0, 0.05) is 36.6 Å². The lowest BCUT2D eigenvalue weighted by atomic mass is 10.2. The highest BCUT2D eigenvalue weighted by Gasteiger charge is 2.15. The number of rotatable bonds is 4. The fourth-order valence-electron chi connectivity index (χ4n) is 1.38. The second kappa shape index (κ2) is 5.42. The molecule has 2 aromatic rings. The van der Waals surface area contributed by atoms with Crippen LogP contribution in [0.25, 0.3) is 11.3 Å². The third kappa shape index (κ3) is 2.72. The summed E-state index contributed by atoms with van der Waals surface area (Å²) in [4.78, 5) is 15.7. The van der Waals surface area contributed by atoms with E-state index in [2.05, 4.69) is 15.5 Å². The van der Waals surface area contributed by atoms with Gasteiger partial charge in [-0.15, -0.1) is 0 Å². The minimum Gasteiger partial charge on any atom is -0.355 e. The number of nitrogens with two attached hydrogens (primary N) is 1. The lowest BCUT2D eigenvalue weighted by molar-refractivity contribution is 0.0932. The van der Waals surface area contributed by atoms with Crippen LogP contribution >= 0.6 is 0 Å². The summed E-state index contributed by atoms with van der Waals surface area (Å²) in [6.45, 7) is 2.19. The zero-order chi connectivity index (χ0) is 13.0. The molecule has 1 amide bonds. The molecule has 0 spiro atoms. The van der Waals surface area contributed by atoms with Crippen molar-refractivity contribution in [1.82, 2.24) is 15.5 Å². The fraction of sp³-hybridized carbons (Fsp3) is 0.250. The quantitative estimate of drug-likeness (QED) is 0.832. The van der Waals surface area contributed by atoms with E-state index in [9.17, 15) is 4.79 Å². The molecular formula is C12H14N4O2. The summed E-state index contributed by atoms with van der Waals surface area (Å²) >= 11 is 0.